The molecule has 0 spiro atoms. The molecule has 188 valence electrons. The van der Waals surface area contributed by atoms with E-state index in [1.807, 2.05) is 32.0 Å². The quantitative estimate of drug-likeness (QED) is 0.277. The Balaban J connectivity index is 1.61. The topological polar surface area (TPSA) is 105 Å². The number of amides is 5. The minimum absolute atomic E-state index is 0.246. The Bertz CT molecular complexity index is 1450. The highest BCUT2D eigenvalue weighted by Gasteiger charge is 2.37. The lowest BCUT2D eigenvalue weighted by Gasteiger charge is -2.26. The number of anilines is 2. The van der Waals surface area contributed by atoms with Gasteiger partial charge in [0.2, 0.25) is 0 Å². The maximum absolute atomic E-state index is 13.2. The molecular weight excluding hydrogens is 606 g/mol. The molecule has 2 N–H and O–H groups in total. The van der Waals surface area contributed by atoms with Crippen LogP contribution in [0.4, 0.5) is 16.2 Å². The molecule has 3 aromatic carbocycles. The van der Waals surface area contributed by atoms with Gasteiger partial charge in [-0.05, 0) is 71.7 Å². The lowest BCUT2D eigenvalue weighted by atomic mass is 10.1. The molecule has 0 atom stereocenters. The Morgan fingerprint density at radius 2 is 1.76 bits per heavy atom. The molecule has 0 saturated carbocycles. The predicted molar refractivity (Wildman–Crippen MR) is 147 cm³/mol. The van der Waals surface area contributed by atoms with Crippen LogP contribution in [0.1, 0.15) is 16.7 Å². The van der Waals surface area contributed by atoms with Crippen LogP contribution in [0, 0.1) is 13.8 Å². The van der Waals surface area contributed by atoms with Crippen LogP contribution < -0.4 is 20.3 Å². The number of benzene rings is 3. The Morgan fingerprint density at radius 1 is 1.03 bits per heavy atom. The zero-order valence-electron chi connectivity index (χ0n) is 19.8. The molecule has 1 aliphatic heterocycles. The first kappa shape index (κ1) is 26.3. The second kappa shape index (κ2) is 11.1. The van der Waals surface area contributed by atoms with Crippen LogP contribution in [0.25, 0.3) is 6.08 Å². The van der Waals surface area contributed by atoms with Crippen molar-refractivity contribution in [3.63, 3.8) is 0 Å². The third-order valence-electron chi connectivity index (χ3n) is 5.46. The third-order valence-corrected chi connectivity index (χ3v) is 6.50. The van der Waals surface area contributed by atoms with Gasteiger partial charge in [-0.3, -0.25) is 19.7 Å². The Kier molecular flexibility index (Phi) is 7.89. The Labute approximate surface area is 229 Å². The molecule has 1 heterocycles. The van der Waals surface area contributed by atoms with Crippen LogP contribution in [0.2, 0.25) is 0 Å². The first-order chi connectivity index (χ1) is 17.6. The molecule has 5 amide bonds. The predicted octanol–water partition coefficient (Wildman–Crippen LogP) is 5.51. The minimum atomic E-state index is -0.840. The lowest BCUT2D eigenvalue weighted by molar-refractivity contribution is -0.122. The second-order valence-electron chi connectivity index (χ2n) is 8.25. The van der Waals surface area contributed by atoms with Crippen LogP contribution in [-0.2, 0) is 14.4 Å². The molecule has 0 radical (unpaired) electrons. The van der Waals surface area contributed by atoms with Crippen molar-refractivity contribution in [1.29, 1.82) is 0 Å². The maximum Gasteiger partial charge on any atom is 0.335 e. The average Bonchev–Trinajstić information content (AvgIpc) is 2.83. The lowest BCUT2D eigenvalue weighted by Crippen LogP contribution is -2.54. The zero-order chi connectivity index (χ0) is 26.7. The van der Waals surface area contributed by atoms with Gasteiger partial charge in [0.1, 0.15) is 11.3 Å². The van der Waals surface area contributed by atoms with Gasteiger partial charge < -0.3 is 10.1 Å². The first-order valence-corrected chi connectivity index (χ1v) is 12.7. The molecule has 1 aliphatic rings. The standard InChI is InChI=1S/C27H21Br2N3O5/c1-15-8-9-22(16(2)10-15)30-23(33)14-37-24-17(11-18(28)13-21(24)29)12-20-25(34)31-27(36)32(26(20)35)19-6-4-3-5-7-19/h3-13H,14H2,1-2H3,(H,30,33)(H,31,34,36)/b20-12-. The normalized spacial score (nSPS) is 14.5. The number of hydrogen-bond acceptors (Lipinski definition) is 5. The van der Waals surface area contributed by atoms with Crippen LogP contribution in [0.15, 0.2) is 75.2 Å². The van der Waals surface area contributed by atoms with Crippen molar-refractivity contribution in [1.82, 2.24) is 5.32 Å². The molecule has 3 aromatic rings. The van der Waals surface area contributed by atoms with Crippen molar-refractivity contribution in [3.8, 4) is 5.75 Å². The van der Waals surface area contributed by atoms with Gasteiger partial charge >= 0.3 is 6.03 Å². The highest BCUT2D eigenvalue weighted by atomic mass is 79.9. The number of hydrogen-bond donors (Lipinski definition) is 2. The van der Waals surface area contributed by atoms with E-state index in [1.165, 1.54) is 6.08 Å². The van der Waals surface area contributed by atoms with Gasteiger partial charge in [-0.2, -0.15) is 0 Å². The summed E-state index contributed by atoms with van der Waals surface area (Å²) in [6.45, 7) is 3.54. The fraction of sp³-hybridized carbons (Fsp3) is 0.111. The molecule has 8 nitrogen and oxygen atoms in total. The largest absolute Gasteiger partial charge is 0.482 e. The van der Waals surface area contributed by atoms with Crippen molar-refractivity contribution >= 4 is 73.1 Å². The van der Waals surface area contributed by atoms with Crippen molar-refractivity contribution in [3.05, 3.63) is 91.9 Å². The van der Waals surface area contributed by atoms with Gasteiger partial charge in [-0.25, -0.2) is 9.69 Å². The highest BCUT2D eigenvalue weighted by Crippen LogP contribution is 2.35. The van der Waals surface area contributed by atoms with Gasteiger partial charge in [-0.15, -0.1) is 0 Å². The number of ether oxygens (including phenoxy) is 1. The van der Waals surface area contributed by atoms with Gasteiger partial charge in [0.15, 0.2) is 6.61 Å². The summed E-state index contributed by atoms with van der Waals surface area (Å²) in [4.78, 5) is 51.7. The number of imide groups is 2. The number of carbonyl (C=O) groups excluding carboxylic acids is 4. The Hall–Kier alpha value is -3.76. The summed E-state index contributed by atoms with van der Waals surface area (Å²) >= 11 is 6.82. The highest BCUT2D eigenvalue weighted by molar-refractivity contribution is 9.11. The number of aryl methyl sites for hydroxylation is 2. The summed E-state index contributed by atoms with van der Waals surface area (Å²) in [6, 6.07) is 16.5. The van der Waals surface area contributed by atoms with E-state index in [4.69, 9.17) is 4.74 Å². The number of nitrogens with one attached hydrogen (secondary N) is 2. The minimum Gasteiger partial charge on any atom is -0.482 e. The zero-order valence-corrected chi connectivity index (χ0v) is 23.0. The van der Waals surface area contributed by atoms with Gasteiger partial charge in [0.05, 0.1) is 10.2 Å². The summed E-state index contributed by atoms with van der Waals surface area (Å²) in [5.41, 5.74) is 3.07. The fourth-order valence-corrected chi connectivity index (χ4v) is 5.11. The SMILES string of the molecule is Cc1ccc(NC(=O)COc2c(Br)cc(Br)cc2/C=C2/C(=O)NC(=O)N(c3ccccc3)C2=O)c(C)c1. The molecule has 37 heavy (non-hydrogen) atoms. The summed E-state index contributed by atoms with van der Waals surface area (Å²) in [5, 5.41) is 5.01. The van der Waals surface area contributed by atoms with E-state index in [1.54, 1.807) is 42.5 Å². The average molecular weight is 627 g/mol. The summed E-state index contributed by atoms with van der Waals surface area (Å²) in [7, 11) is 0. The molecule has 4 rings (SSSR count). The van der Waals surface area contributed by atoms with E-state index in [0.717, 1.165) is 16.0 Å². The third kappa shape index (κ3) is 5.98. The summed E-state index contributed by atoms with van der Waals surface area (Å²) in [6.07, 6.45) is 1.33. The molecule has 0 unspecified atom stereocenters. The molecule has 10 heteroatoms. The van der Waals surface area contributed by atoms with E-state index >= 15 is 0 Å². The number of halogens is 2. The maximum atomic E-state index is 13.2. The molecule has 0 aromatic heterocycles. The molecule has 1 saturated heterocycles. The number of para-hydroxylation sites is 1. The number of rotatable bonds is 6. The van der Waals surface area contributed by atoms with Gasteiger partial charge in [-0.1, -0.05) is 51.8 Å². The van der Waals surface area contributed by atoms with Gasteiger partial charge in [0.25, 0.3) is 17.7 Å². The number of urea groups is 1. The number of barbiturate groups is 1. The fourth-order valence-electron chi connectivity index (χ4n) is 3.74. The molecule has 0 bridgehead atoms. The smallest absolute Gasteiger partial charge is 0.335 e. The molecule has 0 aliphatic carbocycles. The van der Waals surface area contributed by atoms with E-state index in [-0.39, 0.29) is 23.8 Å². The van der Waals surface area contributed by atoms with Gasteiger partial charge in [0, 0.05) is 15.7 Å². The Morgan fingerprint density at radius 3 is 2.46 bits per heavy atom. The van der Waals surface area contributed by atoms with Crippen molar-refractivity contribution < 1.29 is 23.9 Å². The van der Waals surface area contributed by atoms with E-state index in [9.17, 15) is 19.2 Å². The van der Waals surface area contributed by atoms with Crippen molar-refractivity contribution in [2.24, 2.45) is 0 Å². The first-order valence-electron chi connectivity index (χ1n) is 11.1. The number of nitrogens with zero attached hydrogens (tertiary/aromatic N) is 1. The molecular formula is C27H21Br2N3O5. The summed E-state index contributed by atoms with van der Waals surface area (Å²) in [5.74, 6) is -1.76. The van der Waals surface area contributed by atoms with Crippen molar-refractivity contribution in [2.45, 2.75) is 13.8 Å². The van der Waals surface area contributed by atoms with E-state index < -0.39 is 17.8 Å². The van der Waals surface area contributed by atoms with Crippen LogP contribution in [-0.4, -0.2) is 30.4 Å². The van der Waals surface area contributed by atoms with E-state index in [2.05, 4.69) is 42.5 Å². The monoisotopic (exact) mass is 625 g/mol. The van der Waals surface area contributed by atoms with Crippen LogP contribution in [0.3, 0.4) is 0 Å². The van der Waals surface area contributed by atoms with E-state index in [0.29, 0.717) is 25.9 Å². The van der Waals surface area contributed by atoms with Crippen LogP contribution >= 0.6 is 31.9 Å². The number of carbonyl (C=O) groups is 4. The summed E-state index contributed by atoms with van der Waals surface area (Å²) < 4.78 is 6.95. The van der Waals surface area contributed by atoms with Crippen molar-refractivity contribution in [2.75, 3.05) is 16.8 Å². The second-order valence-corrected chi connectivity index (χ2v) is 10.0. The van der Waals surface area contributed by atoms with Crippen LogP contribution in [0.5, 0.6) is 5.75 Å². The molecule has 1 fully saturated rings.